The molecule has 2 aromatic rings. The Labute approximate surface area is 187 Å². The van der Waals surface area contributed by atoms with E-state index in [1.54, 1.807) is 0 Å². The first kappa shape index (κ1) is 28.1. The monoisotopic (exact) mass is 557 g/mol. The van der Waals surface area contributed by atoms with Crippen LogP contribution in [0.15, 0.2) is 6.33 Å². The van der Waals surface area contributed by atoms with Crippen molar-refractivity contribution in [2.45, 2.75) is 24.5 Å². The quantitative estimate of drug-likeness (QED) is 0.135. The van der Waals surface area contributed by atoms with E-state index in [4.69, 9.17) is 52.3 Å². The number of aromatic nitrogens is 4. The average Bonchev–Trinajstić information content (AvgIpc) is 3.13. The van der Waals surface area contributed by atoms with Crippen LogP contribution in [0.3, 0.4) is 0 Å². The molecule has 23 heteroatoms. The van der Waals surface area contributed by atoms with Crippen LogP contribution in [0.5, 0.6) is 0 Å². The van der Waals surface area contributed by atoms with Crippen molar-refractivity contribution in [3.63, 3.8) is 0 Å². The number of nitrogen functional groups attached to an aromatic ring is 1. The smallest absolute Gasteiger partial charge is 0.394 e. The Morgan fingerprint density at radius 2 is 1.67 bits per heavy atom. The fourth-order valence-electron chi connectivity index (χ4n) is 2.54. The molecule has 0 amide bonds. The van der Waals surface area contributed by atoms with Gasteiger partial charge in [-0.2, -0.15) is 8.62 Å². The predicted molar refractivity (Wildman–Crippen MR) is 106 cm³/mol. The average molecular weight is 557 g/mol. The molecule has 1 aliphatic rings. The zero-order valence-corrected chi connectivity index (χ0v) is 19.3. The van der Waals surface area contributed by atoms with Crippen molar-refractivity contribution >= 4 is 52.8 Å². The van der Waals surface area contributed by atoms with Crippen LogP contribution in [0.25, 0.3) is 11.2 Å². The number of fused-ring (bicyclic) bond motifs is 1. The van der Waals surface area contributed by atoms with E-state index in [1.165, 1.54) is 10.9 Å². The number of nitrogens with two attached hydrogens (primary N) is 1. The Bertz CT molecular complexity index is 1160. The molecule has 0 aromatic carbocycles. The van der Waals surface area contributed by atoms with Gasteiger partial charge in [-0.3, -0.25) is 4.57 Å². The summed E-state index contributed by atoms with van der Waals surface area (Å²) in [5.41, 5.74) is 6.44. The molecule has 0 bridgehead atoms. The lowest BCUT2D eigenvalue weighted by atomic mass is 10.1. The third kappa shape index (κ3) is 7.66. The van der Waals surface area contributed by atoms with Gasteiger partial charge in [0.1, 0.15) is 29.5 Å². The number of imidazole rings is 1. The summed E-state index contributed by atoms with van der Waals surface area (Å²) in [6.07, 6.45) is -2.77. The second-order valence-electron chi connectivity index (χ2n) is 6.12. The molecule has 2 aromatic heterocycles. The molecule has 3 rings (SSSR count). The summed E-state index contributed by atoms with van der Waals surface area (Å²) < 4.78 is 43.5. The van der Waals surface area contributed by atoms with E-state index in [2.05, 4.69) is 23.6 Å². The highest BCUT2D eigenvalue weighted by Gasteiger charge is 2.44. The number of aliphatic hydroxyl groups is 3. The van der Waals surface area contributed by atoms with Gasteiger partial charge < -0.3 is 55.2 Å². The summed E-state index contributed by atoms with van der Waals surface area (Å²) in [5, 5.41) is 28.9. The molecule has 1 aliphatic heterocycles. The number of ether oxygens (including phenoxy) is 1. The van der Waals surface area contributed by atoms with Gasteiger partial charge in [0.25, 0.3) is 0 Å². The van der Waals surface area contributed by atoms with Crippen LogP contribution in [-0.2, 0) is 27.1 Å². The first-order valence-corrected chi connectivity index (χ1v) is 13.1. The van der Waals surface area contributed by atoms with Gasteiger partial charge >= 0.3 is 23.5 Å². The number of anilines is 1. The fourth-order valence-corrected chi connectivity index (χ4v) is 5.33. The first-order chi connectivity index (χ1) is 14.9. The Balaban J connectivity index is 0.000000260. The second kappa shape index (κ2) is 10.2. The molecule has 1 fully saturated rings. The molecule has 0 aliphatic carbocycles. The maximum Gasteiger partial charge on any atom is 0.490 e. The van der Waals surface area contributed by atoms with Gasteiger partial charge in [0.2, 0.25) is 0 Å². The maximum absolute atomic E-state index is 10.4. The van der Waals surface area contributed by atoms with Crippen LogP contribution in [0.1, 0.15) is 6.23 Å². The van der Waals surface area contributed by atoms with Crippen LogP contribution in [0.2, 0.25) is 0 Å². The molecule has 0 saturated carbocycles. The third-order valence-corrected chi connectivity index (χ3v) is 7.31. The van der Waals surface area contributed by atoms with Crippen molar-refractivity contribution < 1.29 is 66.8 Å². The van der Waals surface area contributed by atoms with Gasteiger partial charge in [-0.05, 0) is 0 Å². The predicted octanol–water partition coefficient (Wildman–Crippen LogP) is -2.01. The Morgan fingerprint density at radius 3 is 2.12 bits per heavy atom. The van der Waals surface area contributed by atoms with E-state index >= 15 is 0 Å². The lowest BCUT2D eigenvalue weighted by Crippen LogP contribution is -2.33. The van der Waals surface area contributed by atoms with Crippen molar-refractivity contribution in [1.29, 1.82) is 0 Å². The minimum absolute atomic E-state index is 0.107. The van der Waals surface area contributed by atoms with Crippen molar-refractivity contribution in [2.24, 2.45) is 0 Å². The maximum atomic E-state index is 10.4. The second-order valence-corrected chi connectivity index (χ2v) is 10.7. The van der Waals surface area contributed by atoms with E-state index in [-0.39, 0.29) is 10.6 Å². The fraction of sp³-hybridized carbons (Fsp3) is 0.500. The topological polar surface area (TPSA) is 313 Å². The normalized spacial score (nSPS) is 24.0. The summed E-state index contributed by atoms with van der Waals surface area (Å²) in [7, 11) is -16.2. The summed E-state index contributed by atoms with van der Waals surface area (Å²) >= 11 is 5.05. The van der Waals surface area contributed by atoms with Crippen LogP contribution >= 0.6 is 35.7 Å². The highest BCUT2D eigenvalue weighted by Crippen LogP contribution is 2.64. The summed E-state index contributed by atoms with van der Waals surface area (Å²) in [4.78, 5) is 51.0. The zero-order chi connectivity index (χ0) is 25.4. The molecule has 33 heavy (non-hydrogen) atoms. The van der Waals surface area contributed by atoms with E-state index in [9.17, 15) is 23.9 Å². The molecular weight excluding hydrogens is 539 g/mol. The van der Waals surface area contributed by atoms with Gasteiger partial charge in [0.05, 0.1) is 12.9 Å². The molecule has 0 unspecified atom stereocenters. The molecule has 0 spiro atoms. The molecule has 4 atom stereocenters. The molecule has 19 nitrogen and oxygen atoms in total. The molecular formula is C10H18N5O14P3S. The van der Waals surface area contributed by atoms with Crippen molar-refractivity contribution in [3.8, 4) is 0 Å². The standard InChI is InChI=1S/C10H13N5O4S.H5O10P3/c11-10-13-7-4(8(20)14-10)12-2-15(7)9-6(18)5(17)3(1-16)19-9;1-11(2,3)9-13(7,8)10-12(4,5)6/h2-3,5-6,9,16-18H,1H2,(H3,11,13,14,20);(H,7,8)(H2,1,2,3)(H2,4,5,6)/t3-,5-,6-,9-;/m1./s1. The summed E-state index contributed by atoms with van der Waals surface area (Å²) in [6.45, 7) is -0.402. The van der Waals surface area contributed by atoms with Gasteiger partial charge in [-0.25, -0.2) is 23.7 Å². The van der Waals surface area contributed by atoms with Gasteiger partial charge in [-0.15, -0.1) is 0 Å². The summed E-state index contributed by atoms with van der Waals surface area (Å²) in [6, 6.07) is 0. The highest BCUT2D eigenvalue weighted by atomic mass is 32.1. The van der Waals surface area contributed by atoms with E-state index < -0.39 is 54.6 Å². The lowest BCUT2D eigenvalue weighted by molar-refractivity contribution is -0.0511. The number of nitrogens with zero attached hydrogens (tertiary/aromatic N) is 3. The molecule has 188 valence electrons. The van der Waals surface area contributed by atoms with Gasteiger partial charge in [0.15, 0.2) is 16.8 Å². The number of aliphatic hydroxyl groups excluding tert-OH is 3. The number of H-pyrrole nitrogens is 1. The minimum atomic E-state index is -5.46. The number of aromatic amines is 1. The SMILES string of the molecule is Nc1nc(=S)c2ncn([C@@H]3O[C@H](CO)[C@@H](O)[C@H]3O)c2[nH]1.O=P(O)(O)OP(=O)(O)OP(=O)(O)O. The van der Waals surface area contributed by atoms with Gasteiger partial charge in [-0.1, -0.05) is 12.2 Å². The minimum Gasteiger partial charge on any atom is -0.394 e. The van der Waals surface area contributed by atoms with Crippen molar-refractivity contribution in [2.75, 3.05) is 12.3 Å². The molecule has 11 N–H and O–H groups in total. The van der Waals surface area contributed by atoms with Gasteiger partial charge in [0, 0.05) is 0 Å². The third-order valence-electron chi connectivity index (χ3n) is 3.68. The molecule has 1 saturated heterocycles. The largest absolute Gasteiger partial charge is 0.490 e. The van der Waals surface area contributed by atoms with Crippen LogP contribution in [0, 0.1) is 4.64 Å². The number of hydrogen-bond acceptors (Lipinski definition) is 13. The first-order valence-electron chi connectivity index (χ1n) is 8.15. The number of nitrogens with one attached hydrogen (secondary N) is 1. The number of rotatable bonds is 6. The number of phosphoric acid groups is 3. The highest BCUT2D eigenvalue weighted by molar-refractivity contribution is 7.71. The Morgan fingerprint density at radius 1 is 1.12 bits per heavy atom. The van der Waals surface area contributed by atoms with Crippen molar-refractivity contribution in [3.05, 3.63) is 11.0 Å². The van der Waals surface area contributed by atoms with Crippen LogP contribution < -0.4 is 5.73 Å². The molecule has 0 radical (unpaired) electrons. The van der Waals surface area contributed by atoms with Crippen LogP contribution in [0.4, 0.5) is 5.95 Å². The van der Waals surface area contributed by atoms with E-state index in [1.807, 2.05) is 0 Å². The Kier molecular flexibility index (Phi) is 8.68. The van der Waals surface area contributed by atoms with E-state index in [0.29, 0.717) is 11.2 Å². The molecule has 3 heterocycles. The van der Waals surface area contributed by atoms with Crippen molar-refractivity contribution in [1.82, 2.24) is 19.5 Å². The zero-order valence-electron chi connectivity index (χ0n) is 15.8. The summed E-state index contributed by atoms with van der Waals surface area (Å²) in [5.74, 6) is 0.107. The Hall–Kier alpha value is -1.18. The number of hydrogen-bond donors (Lipinski definition) is 10. The van der Waals surface area contributed by atoms with Crippen LogP contribution in [-0.4, -0.2) is 84.2 Å². The lowest BCUT2D eigenvalue weighted by Gasteiger charge is -2.16. The van der Waals surface area contributed by atoms with E-state index in [0.717, 1.165) is 0 Å².